The third kappa shape index (κ3) is 5.22. The first-order valence-corrected chi connectivity index (χ1v) is 13.8. The van der Waals surface area contributed by atoms with Gasteiger partial charge in [-0.15, -0.1) is 0 Å². The molecule has 0 fully saturated rings. The van der Waals surface area contributed by atoms with Crippen molar-refractivity contribution in [2.45, 2.75) is 32.7 Å². The Labute approximate surface area is 236 Å². The van der Waals surface area contributed by atoms with E-state index >= 15 is 0 Å². The van der Waals surface area contributed by atoms with Crippen LogP contribution in [0.3, 0.4) is 0 Å². The fourth-order valence-electron chi connectivity index (χ4n) is 4.80. The normalized spacial score (nSPS) is 15.1. The Kier molecular flexibility index (Phi) is 7.71. The van der Waals surface area contributed by atoms with Gasteiger partial charge in [0.15, 0.2) is 4.80 Å². The van der Waals surface area contributed by atoms with Crippen molar-refractivity contribution >= 4 is 29.0 Å². The maximum absolute atomic E-state index is 14.0. The summed E-state index contributed by atoms with van der Waals surface area (Å²) < 4.78 is 13.0. The number of hydrogen-bond donors (Lipinski definition) is 1. The Balaban J connectivity index is 1.69. The number of hydrogen-bond acceptors (Lipinski definition) is 6. The van der Waals surface area contributed by atoms with E-state index in [0.29, 0.717) is 49.3 Å². The molecule has 8 heteroatoms. The summed E-state index contributed by atoms with van der Waals surface area (Å²) >= 11 is 1.28. The Morgan fingerprint density at radius 3 is 2.40 bits per heavy atom. The van der Waals surface area contributed by atoms with Crippen LogP contribution >= 0.6 is 11.3 Å². The lowest BCUT2D eigenvalue weighted by Gasteiger charge is -2.25. The van der Waals surface area contributed by atoms with Gasteiger partial charge in [-0.1, -0.05) is 67.6 Å². The molecule has 1 aliphatic rings. The van der Waals surface area contributed by atoms with E-state index in [9.17, 15) is 9.59 Å². The Bertz CT molecular complexity index is 1770. The highest BCUT2D eigenvalue weighted by Gasteiger charge is 2.32. The molecule has 0 saturated carbocycles. The molecule has 3 aromatic carbocycles. The van der Waals surface area contributed by atoms with Crippen molar-refractivity contribution in [2.75, 3.05) is 19.5 Å². The molecular formula is C32H31N3O4S. The lowest BCUT2D eigenvalue weighted by Crippen LogP contribution is -2.40. The van der Waals surface area contributed by atoms with Gasteiger partial charge in [0.05, 0.1) is 36.1 Å². The van der Waals surface area contributed by atoms with Crippen LogP contribution in [0.4, 0.5) is 5.69 Å². The van der Waals surface area contributed by atoms with Crippen LogP contribution in [0.15, 0.2) is 93.9 Å². The van der Waals surface area contributed by atoms with Crippen LogP contribution in [0.5, 0.6) is 11.5 Å². The number of benzene rings is 3. The van der Waals surface area contributed by atoms with Gasteiger partial charge in [-0.05, 0) is 60.4 Å². The number of allylic oxidation sites excluding steroid dienone is 1. The molecule has 1 unspecified atom stereocenters. The van der Waals surface area contributed by atoms with Gasteiger partial charge < -0.3 is 14.8 Å². The third-order valence-electron chi connectivity index (χ3n) is 6.94. The predicted octanol–water partition coefficient (Wildman–Crippen LogP) is 5.01. The number of amides is 1. The highest BCUT2D eigenvalue weighted by molar-refractivity contribution is 7.07. The monoisotopic (exact) mass is 553 g/mol. The molecule has 4 aromatic rings. The lowest BCUT2D eigenvalue weighted by atomic mass is 9.93. The second kappa shape index (κ2) is 11.4. The van der Waals surface area contributed by atoms with E-state index < -0.39 is 6.04 Å². The van der Waals surface area contributed by atoms with Gasteiger partial charge in [0, 0.05) is 11.3 Å². The minimum atomic E-state index is -0.643. The second-order valence-corrected chi connectivity index (χ2v) is 10.8. The standard InChI is InChI=1S/C32H31N3O4S/c1-19(2)21-11-13-22(14-12-21)29-28(30(36)34-24-9-7-6-8-10-24)20(3)33-32-35(29)31(37)27(40-32)18-23-17-25(38-4)15-16-26(23)39-5/h6-19,29H,1-5H3,(H,34,36)/b27-18-. The number of carbonyl (C=O) groups is 1. The number of nitrogens with zero attached hydrogens (tertiary/aromatic N) is 2. The lowest BCUT2D eigenvalue weighted by molar-refractivity contribution is -0.113. The minimum absolute atomic E-state index is 0.232. The molecule has 0 spiro atoms. The van der Waals surface area contributed by atoms with Crippen LogP contribution in [0, 0.1) is 0 Å². The first kappa shape index (κ1) is 27.1. The third-order valence-corrected chi connectivity index (χ3v) is 7.92. The van der Waals surface area contributed by atoms with Crippen LogP contribution in [-0.4, -0.2) is 24.7 Å². The Morgan fingerprint density at radius 1 is 1.02 bits per heavy atom. The summed E-state index contributed by atoms with van der Waals surface area (Å²) in [6.45, 7) is 6.08. The van der Waals surface area contributed by atoms with Crippen molar-refractivity contribution < 1.29 is 14.3 Å². The molecule has 1 aromatic heterocycles. The zero-order valence-electron chi connectivity index (χ0n) is 23.1. The summed E-state index contributed by atoms with van der Waals surface area (Å²) in [4.78, 5) is 33.0. The molecule has 1 amide bonds. The first-order valence-electron chi connectivity index (χ1n) is 13.0. The molecular weight excluding hydrogens is 522 g/mol. The molecule has 204 valence electrons. The summed E-state index contributed by atoms with van der Waals surface area (Å²) in [6, 6.07) is 22.2. The van der Waals surface area contributed by atoms with Gasteiger partial charge in [-0.2, -0.15) is 0 Å². The van der Waals surface area contributed by atoms with Gasteiger partial charge >= 0.3 is 0 Å². The van der Waals surface area contributed by atoms with Crippen LogP contribution < -0.4 is 29.7 Å². The molecule has 0 saturated heterocycles. The maximum atomic E-state index is 14.0. The van der Waals surface area contributed by atoms with E-state index in [0.717, 1.165) is 5.56 Å². The second-order valence-electron chi connectivity index (χ2n) is 9.83. The van der Waals surface area contributed by atoms with Crippen LogP contribution in [0.2, 0.25) is 0 Å². The quantitative estimate of drug-likeness (QED) is 0.349. The van der Waals surface area contributed by atoms with E-state index in [1.165, 1.54) is 16.9 Å². The molecule has 1 atom stereocenters. The average Bonchev–Trinajstić information content (AvgIpc) is 3.26. The number of methoxy groups -OCH3 is 2. The number of fused-ring (bicyclic) bond motifs is 1. The molecule has 0 radical (unpaired) electrons. The summed E-state index contributed by atoms with van der Waals surface area (Å²) in [5, 5.41) is 2.99. The van der Waals surface area contributed by atoms with Crippen LogP contribution in [0.1, 0.15) is 49.4 Å². The van der Waals surface area contributed by atoms with E-state index in [2.05, 4.69) is 31.3 Å². The molecule has 5 rings (SSSR count). The predicted molar refractivity (Wildman–Crippen MR) is 159 cm³/mol. The number of anilines is 1. The van der Waals surface area contributed by atoms with Crippen LogP contribution in [-0.2, 0) is 4.79 Å². The highest BCUT2D eigenvalue weighted by Crippen LogP contribution is 2.32. The number of ether oxygens (including phenoxy) is 2. The van der Waals surface area contributed by atoms with E-state index in [1.54, 1.807) is 37.0 Å². The molecule has 7 nitrogen and oxygen atoms in total. The molecule has 0 bridgehead atoms. The number of rotatable bonds is 7. The molecule has 1 aliphatic heterocycles. The van der Waals surface area contributed by atoms with Crippen molar-refractivity contribution in [3.05, 3.63) is 120 Å². The zero-order chi connectivity index (χ0) is 28.4. The molecule has 2 heterocycles. The zero-order valence-corrected chi connectivity index (χ0v) is 23.9. The van der Waals surface area contributed by atoms with Crippen molar-refractivity contribution in [3.63, 3.8) is 0 Å². The average molecular weight is 554 g/mol. The van der Waals surface area contributed by atoms with Gasteiger partial charge in [0.2, 0.25) is 0 Å². The summed E-state index contributed by atoms with van der Waals surface area (Å²) in [6.07, 6.45) is 1.78. The number of aromatic nitrogens is 1. The van der Waals surface area contributed by atoms with Gasteiger partial charge in [-0.3, -0.25) is 14.2 Å². The number of thiazole rings is 1. The number of carbonyl (C=O) groups excluding carboxylic acids is 1. The topological polar surface area (TPSA) is 81.9 Å². The number of para-hydroxylation sites is 1. The van der Waals surface area contributed by atoms with Gasteiger partial charge in [0.25, 0.3) is 11.5 Å². The summed E-state index contributed by atoms with van der Waals surface area (Å²) in [5.41, 5.74) is 4.16. The highest BCUT2D eigenvalue weighted by atomic mass is 32.1. The van der Waals surface area contributed by atoms with Gasteiger partial charge in [0.1, 0.15) is 11.5 Å². The molecule has 1 N–H and O–H groups in total. The molecule has 40 heavy (non-hydrogen) atoms. The smallest absolute Gasteiger partial charge is 0.271 e. The van der Waals surface area contributed by atoms with Crippen molar-refractivity contribution in [2.24, 2.45) is 4.99 Å². The van der Waals surface area contributed by atoms with E-state index in [-0.39, 0.29) is 11.5 Å². The van der Waals surface area contributed by atoms with E-state index in [4.69, 9.17) is 14.5 Å². The number of nitrogens with one attached hydrogen (secondary N) is 1. The summed E-state index contributed by atoms with van der Waals surface area (Å²) in [5.74, 6) is 1.33. The largest absolute Gasteiger partial charge is 0.497 e. The fraction of sp³-hybridized carbons (Fsp3) is 0.219. The maximum Gasteiger partial charge on any atom is 0.271 e. The molecule has 0 aliphatic carbocycles. The first-order chi connectivity index (χ1) is 19.3. The van der Waals surface area contributed by atoms with E-state index in [1.807, 2.05) is 55.5 Å². The van der Waals surface area contributed by atoms with Crippen molar-refractivity contribution in [3.8, 4) is 11.5 Å². The Morgan fingerprint density at radius 2 is 1.75 bits per heavy atom. The summed E-state index contributed by atoms with van der Waals surface area (Å²) in [7, 11) is 3.18. The van der Waals surface area contributed by atoms with Gasteiger partial charge in [-0.25, -0.2) is 4.99 Å². The Hall–Kier alpha value is -4.43. The fourth-order valence-corrected chi connectivity index (χ4v) is 5.84. The minimum Gasteiger partial charge on any atom is -0.497 e. The van der Waals surface area contributed by atoms with Crippen molar-refractivity contribution in [1.29, 1.82) is 0 Å². The van der Waals surface area contributed by atoms with Crippen LogP contribution in [0.25, 0.3) is 6.08 Å². The van der Waals surface area contributed by atoms with Crippen molar-refractivity contribution in [1.82, 2.24) is 4.57 Å². The SMILES string of the molecule is COc1ccc(OC)c(/C=c2\sc3n(c2=O)C(c2ccc(C(C)C)cc2)C(C(=O)Nc2ccccc2)=C(C)N=3)c1.